The standard InChI is InChI=1S/C20H27N3O3S/c1-15(2)19(22-17-8-6-5-7-9-17)14-21-20(24)16-10-12-18(13-11-16)27(25,26)23(3)4/h5-13,15,19,22H,14H2,1-4H3,(H,21,24). The van der Waals surface area contributed by atoms with E-state index in [1.54, 1.807) is 0 Å². The Morgan fingerprint density at radius 1 is 1.00 bits per heavy atom. The molecule has 1 amide bonds. The first-order valence-corrected chi connectivity index (χ1v) is 10.3. The van der Waals surface area contributed by atoms with Gasteiger partial charge in [0.1, 0.15) is 0 Å². The molecule has 0 bridgehead atoms. The molecule has 6 nitrogen and oxygen atoms in total. The zero-order valence-corrected chi connectivity index (χ0v) is 17.0. The first kappa shape index (κ1) is 20.9. The molecule has 0 saturated carbocycles. The van der Waals surface area contributed by atoms with E-state index in [4.69, 9.17) is 0 Å². The maximum atomic E-state index is 12.4. The molecule has 2 rings (SSSR count). The summed E-state index contributed by atoms with van der Waals surface area (Å²) in [6, 6.07) is 15.9. The fourth-order valence-electron chi connectivity index (χ4n) is 2.50. The molecule has 0 fully saturated rings. The number of anilines is 1. The SMILES string of the molecule is CC(C)C(CNC(=O)c1ccc(S(=O)(=O)N(C)C)cc1)Nc1ccccc1. The van der Waals surface area contributed by atoms with Crippen LogP contribution >= 0.6 is 0 Å². The first-order chi connectivity index (χ1) is 12.7. The lowest BCUT2D eigenvalue weighted by atomic mass is 10.0. The molecule has 0 saturated heterocycles. The van der Waals surface area contributed by atoms with Crippen LogP contribution in [0.5, 0.6) is 0 Å². The lowest BCUT2D eigenvalue weighted by Gasteiger charge is -2.24. The van der Waals surface area contributed by atoms with Crippen molar-refractivity contribution in [3.63, 3.8) is 0 Å². The van der Waals surface area contributed by atoms with E-state index in [1.165, 1.54) is 38.4 Å². The molecular weight excluding hydrogens is 362 g/mol. The zero-order valence-electron chi connectivity index (χ0n) is 16.1. The van der Waals surface area contributed by atoms with E-state index >= 15 is 0 Å². The molecule has 2 N–H and O–H groups in total. The smallest absolute Gasteiger partial charge is 0.251 e. The lowest BCUT2D eigenvalue weighted by Crippen LogP contribution is -2.39. The van der Waals surface area contributed by atoms with Crippen molar-refractivity contribution in [3.05, 3.63) is 60.2 Å². The van der Waals surface area contributed by atoms with E-state index in [9.17, 15) is 13.2 Å². The van der Waals surface area contributed by atoms with Gasteiger partial charge in [-0.1, -0.05) is 32.0 Å². The summed E-state index contributed by atoms with van der Waals surface area (Å²) in [6.45, 7) is 4.64. The molecule has 2 aromatic carbocycles. The summed E-state index contributed by atoms with van der Waals surface area (Å²) >= 11 is 0. The number of amides is 1. The van der Waals surface area contributed by atoms with Crippen LogP contribution in [0.3, 0.4) is 0 Å². The molecule has 27 heavy (non-hydrogen) atoms. The van der Waals surface area contributed by atoms with Gasteiger partial charge in [-0.3, -0.25) is 4.79 Å². The Bertz CT molecular complexity index is 848. The number of carbonyl (C=O) groups is 1. The van der Waals surface area contributed by atoms with E-state index in [1.807, 2.05) is 30.3 Å². The van der Waals surface area contributed by atoms with E-state index in [2.05, 4.69) is 24.5 Å². The van der Waals surface area contributed by atoms with Crippen LogP contribution < -0.4 is 10.6 Å². The quantitative estimate of drug-likeness (QED) is 0.728. The van der Waals surface area contributed by atoms with E-state index in [-0.39, 0.29) is 16.8 Å². The second-order valence-corrected chi connectivity index (χ2v) is 9.03. The minimum atomic E-state index is -3.50. The van der Waals surface area contributed by atoms with Crippen LogP contribution in [0.2, 0.25) is 0 Å². The summed E-state index contributed by atoms with van der Waals surface area (Å²) in [5.41, 5.74) is 1.43. The fourth-order valence-corrected chi connectivity index (χ4v) is 3.40. The third kappa shape index (κ3) is 5.55. The average molecular weight is 390 g/mol. The Hall–Kier alpha value is -2.38. The lowest BCUT2D eigenvalue weighted by molar-refractivity contribution is 0.0950. The molecule has 0 radical (unpaired) electrons. The van der Waals surface area contributed by atoms with Gasteiger partial charge in [0, 0.05) is 37.9 Å². The van der Waals surface area contributed by atoms with E-state index in [0.29, 0.717) is 18.0 Å². The van der Waals surface area contributed by atoms with Gasteiger partial charge in [-0.05, 0) is 42.3 Å². The number of hydrogen-bond donors (Lipinski definition) is 2. The summed E-state index contributed by atoms with van der Waals surface area (Å²) in [5.74, 6) is 0.0856. The van der Waals surface area contributed by atoms with Gasteiger partial charge < -0.3 is 10.6 Å². The molecule has 0 aliphatic rings. The number of benzene rings is 2. The Kier molecular flexibility index (Phi) is 6.98. The average Bonchev–Trinajstić information content (AvgIpc) is 2.65. The number of sulfonamides is 1. The predicted octanol–water partition coefficient (Wildman–Crippen LogP) is 2.80. The van der Waals surface area contributed by atoms with Crippen LogP contribution in [0.1, 0.15) is 24.2 Å². The van der Waals surface area contributed by atoms with E-state index in [0.717, 1.165) is 9.99 Å². The topological polar surface area (TPSA) is 78.5 Å². The minimum Gasteiger partial charge on any atom is -0.380 e. The summed E-state index contributed by atoms with van der Waals surface area (Å²) in [4.78, 5) is 12.6. The molecular formula is C20H27N3O3S. The van der Waals surface area contributed by atoms with Gasteiger partial charge in [0.05, 0.1) is 4.90 Å². The van der Waals surface area contributed by atoms with Crippen LogP contribution in [0.4, 0.5) is 5.69 Å². The van der Waals surface area contributed by atoms with Crippen molar-refractivity contribution in [2.24, 2.45) is 5.92 Å². The normalized spacial score (nSPS) is 12.8. The molecule has 0 aliphatic carbocycles. The van der Waals surface area contributed by atoms with Crippen molar-refractivity contribution >= 4 is 21.6 Å². The number of para-hydroxylation sites is 1. The van der Waals surface area contributed by atoms with Crippen molar-refractivity contribution in [2.75, 3.05) is 26.0 Å². The molecule has 0 aliphatic heterocycles. The summed E-state index contributed by atoms with van der Waals surface area (Å²) in [7, 11) is -0.551. The highest BCUT2D eigenvalue weighted by atomic mass is 32.2. The van der Waals surface area contributed by atoms with Gasteiger partial charge in [0.2, 0.25) is 10.0 Å². The van der Waals surface area contributed by atoms with Crippen molar-refractivity contribution < 1.29 is 13.2 Å². The Morgan fingerprint density at radius 3 is 2.11 bits per heavy atom. The van der Waals surface area contributed by atoms with Crippen LogP contribution in [0, 0.1) is 5.92 Å². The van der Waals surface area contributed by atoms with Gasteiger partial charge in [0.25, 0.3) is 5.91 Å². The Balaban J connectivity index is 2.01. The summed E-state index contributed by atoms with van der Waals surface area (Å²) < 4.78 is 25.3. The minimum absolute atomic E-state index is 0.0738. The molecule has 0 heterocycles. The van der Waals surface area contributed by atoms with Gasteiger partial charge in [0.15, 0.2) is 0 Å². The second-order valence-electron chi connectivity index (χ2n) is 6.88. The highest BCUT2D eigenvalue weighted by Gasteiger charge is 2.18. The molecule has 1 atom stereocenters. The molecule has 1 unspecified atom stereocenters. The van der Waals surface area contributed by atoms with Crippen LogP contribution in [0.25, 0.3) is 0 Å². The second kappa shape index (κ2) is 9.01. The third-order valence-corrected chi connectivity index (χ3v) is 6.14. The number of nitrogens with zero attached hydrogens (tertiary/aromatic N) is 1. The Labute approximate surface area is 161 Å². The molecule has 7 heteroatoms. The molecule has 0 spiro atoms. The van der Waals surface area contributed by atoms with Gasteiger partial charge >= 0.3 is 0 Å². The summed E-state index contributed by atoms with van der Waals surface area (Å²) in [5, 5.41) is 6.35. The molecule has 0 aromatic heterocycles. The Morgan fingerprint density at radius 2 is 1.59 bits per heavy atom. The number of hydrogen-bond acceptors (Lipinski definition) is 4. The highest BCUT2D eigenvalue weighted by molar-refractivity contribution is 7.89. The van der Waals surface area contributed by atoms with Crippen LogP contribution in [-0.4, -0.2) is 45.3 Å². The number of carbonyl (C=O) groups excluding carboxylic acids is 1. The molecule has 146 valence electrons. The van der Waals surface area contributed by atoms with Crippen LogP contribution in [-0.2, 0) is 10.0 Å². The first-order valence-electron chi connectivity index (χ1n) is 8.84. The van der Waals surface area contributed by atoms with Crippen molar-refractivity contribution in [1.82, 2.24) is 9.62 Å². The van der Waals surface area contributed by atoms with Gasteiger partial charge in [-0.25, -0.2) is 12.7 Å². The van der Waals surface area contributed by atoms with Crippen LogP contribution in [0.15, 0.2) is 59.5 Å². The number of nitrogens with one attached hydrogen (secondary N) is 2. The van der Waals surface area contributed by atoms with Crippen molar-refractivity contribution in [1.29, 1.82) is 0 Å². The molecule has 2 aromatic rings. The maximum absolute atomic E-state index is 12.4. The fraction of sp³-hybridized carbons (Fsp3) is 0.350. The summed E-state index contributed by atoms with van der Waals surface area (Å²) in [6.07, 6.45) is 0. The predicted molar refractivity (Wildman–Crippen MR) is 108 cm³/mol. The van der Waals surface area contributed by atoms with Crippen molar-refractivity contribution in [3.8, 4) is 0 Å². The zero-order chi connectivity index (χ0) is 20.0. The van der Waals surface area contributed by atoms with Crippen molar-refractivity contribution in [2.45, 2.75) is 24.8 Å². The van der Waals surface area contributed by atoms with E-state index < -0.39 is 10.0 Å². The highest BCUT2D eigenvalue weighted by Crippen LogP contribution is 2.15. The monoisotopic (exact) mass is 389 g/mol. The van der Waals surface area contributed by atoms with Gasteiger partial charge in [-0.15, -0.1) is 0 Å². The van der Waals surface area contributed by atoms with Gasteiger partial charge in [-0.2, -0.15) is 0 Å². The maximum Gasteiger partial charge on any atom is 0.251 e. The largest absolute Gasteiger partial charge is 0.380 e. The third-order valence-electron chi connectivity index (χ3n) is 4.31. The number of rotatable bonds is 8.